The van der Waals surface area contributed by atoms with Gasteiger partial charge in [-0.3, -0.25) is 14.5 Å². The summed E-state index contributed by atoms with van der Waals surface area (Å²) in [6.07, 6.45) is 5.19. The number of carbonyl (C=O) groups excluding carboxylic acids is 3. The second-order valence-corrected chi connectivity index (χ2v) is 11.7. The molecular weight excluding hydrogens is 554 g/mol. The zero-order chi connectivity index (χ0) is 32.0. The first-order chi connectivity index (χ1) is 20.8. The Morgan fingerprint density at radius 1 is 0.909 bits per heavy atom. The van der Waals surface area contributed by atoms with Gasteiger partial charge < -0.3 is 20.5 Å². The van der Waals surface area contributed by atoms with Crippen molar-refractivity contribution < 1.29 is 24.2 Å². The molecule has 0 aliphatic heterocycles. The molecule has 0 heterocycles. The number of hydrogen-bond donors (Lipinski definition) is 3. The van der Waals surface area contributed by atoms with Crippen molar-refractivity contribution >= 4 is 34.4 Å². The smallest absolute Gasteiger partial charge is 0.408 e. The number of phenolic OH excluding ortho intramolecular Hbond substituents is 1. The summed E-state index contributed by atoms with van der Waals surface area (Å²) < 4.78 is 5.43. The van der Waals surface area contributed by atoms with Crippen molar-refractivity contribution in [3.8, 4) is 18.2 Å². The van der Waals surface area contributed by atoms with E-state index >= 15 is 0 Å². The molecule has 2 atom stereocenters. The van der Waals surface area contributed by atoms with Gasteiger partial charge in [0.1, 0.15) is 23.4 Å². The molecule has 0 saturated heterocycles. The van der Waals surface area contributed by atoms with E-state index < -0.39 is 35.6 Å². The lowest BCUT2D eigenvalue weighted by molar-refractivity contribution is -0.136. The van der Waals surface area contributed by atoms with E-state index in [4.69, 9.17) is 11.2 Å². The molecule has 0 radical (unpaired) electrons. The molecule has 0 saturated carbocycles. The summed E-state index contributed by atoms with van der Waals surface area (Å²) in [5.41, 5.74) is 2.82. The highest BCUT2D eigenvalue weighted by Crippen LogP contribution is 2.27. The Balaban J connectivity index is 1.72. The van der Waals surface area contributed by atoms with Gasteiger partial charge in [0.15, 0.2) is 0 Å². The summed E-state index contributed by atoms with van der Waals surface area (Å²) >= 11 is 0. The summed E-state index contributed by atoms with van der Waals surface area (Å²) in [5.74, 6) is -1.14. The second-order valence-electron chi connectivity index (χ2n) is 11.7. The number of alkyl carbamates (subject to hydrolysis) is 1. The predicted molar refractivity (Wildman–Crippen MR) is 172 cm³/mol. The summed E-state index contributed by atoms with van der Waals surface area (Å²) in [5, 5.41) is 17.3. The molecule has 2 unspecified atom stereocenters. The van der Waals surface area contributed by atoms with E-state index in [-0.39, 0.29) is 12.2 Å². The van der Waals surface area contributed by atoms with E-state index in [1.54, 1.807) is 45.0 Å². The number of nitrogens with one attached hydrogen (secondary N) is 2. The van der Waals surface area contributed by atoms with Crippen molar-refractivity contribution in [2.45, 2.75) is 58.7 Å². The quantitative estimate of drug-likeness (QED) is 0.162. The molecule has 4 aromatic carbocycles. The van der Waals surface area contributed by atoms with E-state index in [0.717, 1.165) is 26.8 Å². The van der Waals surface area contributed by atoms with Crippen molar-refractivity contribution in [3.63, 3.8) is 0 Å². The highest BCUT2D eigenvalue weighted by atomic mass is 16.6. The first kappa shape index (κ1) is 31.6. The maximum absolute atomic E-state index is 14.2. The zero-order valence-corrected chi connectivity index (χ0v) is 25.5. The van der Waals surface area contributed by atoms with Crippen LogP contribution in [0, 0.1) is 26.3 Å². The van der Waals surface area contributed by atoms with Crippen LogP contribution in [0.5, 0.6) is 5.75 Å². The number of aromatic hydroxyl groups is 1. The number of fused-ring (bicyclic) bond motifs is 1. The average Bonchev–Trinajstić information content (AvgIpc) is 2.96. The van der Waals surface area contributed by atoms with Crippen molar-refractivity contribution in [3.05, 3.63) is 107 Å². The largest absolute Gasteiger partial charge is 0.508 e. The third kappa shape index (κ3) is 7.96. The molecule has 3 N–H and O–H groups in total. The number of phenols is 1. The number of terminal acetylenes is 1. The number of nitrogens with zero attached hydrogens (tertiary/aromatic N) is 1. The van der Waals surface area contributed by atoms with Crippen LogP contribution in [0.1, 0.15) is 49.1 Å². The Bertz CT molecular complexity index is 1720. The highest BCUT2D eigenvalue weighted by molar-refractivity contribution is 6.01. The van der Waals surface area contributed by atoms with Crippen molar-refractivity contribution in [2.24, 2.45) is 0 Å². The number of rotatable bonds is 8. The average molecular weight is 592 g/mol. The molecule has 4 aromatic rings. The van der Waals surface area contributed by atoms with Crippen LogP contribution in [0.4, 0.5) is 10.5 Å². The number of aryl methyl sites for hydroxylation is 2. The topological polar surface area (TPSA) is 108 Å². The van der Waals surface area contributed by atoms with Crippen LogP contribution in [0.3, 0.4) is 0 Å². The Hall–Kier alpha value is -5.29. The minimum atomic E-state index is -1.22. The van der Waals surface area contributed by atoms with E-state index in [2.05, 4.69) is 16.7 Å². The summed E-state index contributed by atoms with van der Waals surface area (Å²) in [6.45, 7) is 9.00. The number of anilines is 1. The third-order valence-electron chi connectivity index (χ3n) is 7.11. The highest BCUT2D eigenvalue weighted by Gasteiger charge is 2.36. The maximum atomic E-state index is 14.2. The fourth-order valence-corrected chi connectivity index (χ4v) is 4.78. The Morgan fingerprint density at radius 2 is 1.59 bits per heavy atom. The normalized spacial score (nSPS) is 12.5. The van der Waals surface area contributed by atoms with Gasteiger partial charge in [0.2, 0.25) is 0 Å². The lowest BCUT2D eigenvalue weighted by atomic mass is 9.97. The minimum absolute atomic E-state index is 0.0302. The molecule has 3 amide bonds. The van der Waals surface area contributed by atoms with Crippen LogP contribution in [0.2, 0.25) is 0 Å². The lowest BCUT2D eigenvalue weighted by Crippen LogP contribution is -2.51. The Labute approximate surface area is 258 Å². The molecule has 0 aliphatic carbocycles. The standard InChI is InChI=1S/C36H37N3O5/c1-7-39(34(42)31(38-35(43)44-36(4,5)6)21-25-13-18-30(40)19-14-25)32(28-15-12-23(2)24(3)20-28)33(41)37-29-17-16-26-10-8-9-11-27(26)22-29/h1,8-20,22,31-32,40H,21H2,2-6H3,(H,37,41)(H,38,43). The van der Waals surface area contributed by atoms with Gasteiger partial charge in [0, 0.05) is 18.2 Å². The molecule has 0 aliphatic rings. The number of carbonyl (C=O) groups is 3. The summed E-state index contributed by atoms with van der Waals surface area (Å²) in [7, 11) is 0. The van der Waals surface area contributed by atoms with Gasteiger partial charge in [-0.1, -0.05) is 67.1 Å². The first-order valence-corrected chi connectivity index (χ1v) is 14.3. The lowest BCUT2D eigenvalue weighted by Gasteiger charge is -2.31. The number of ether oxygens (including phenoxy) is 1. The van der Waals surface area contributed by atoms with Gasteiger partial charge in [-0.2, -0.15) is 0 Å². The molecule has 4 rings (SSSR count). The van der Waals surface area contributed by atoms with Gasteiger partial charge in [-0.25, -0.2) is 4.79 Å². The first-order valence-electron chi connectivity index (χ1n) is 14.3. The van der Waals surface area contributed by atoms with Gasteiger partial charge in [0.05, 0.1) is 0 Å². The van der Waals surface area contributed by atoms with Gasteiger partial charge >= 0.3 is 6.09 Å². The molecule has 44 heavy (non-hydrogen) atoms. The van der Waals surface area contributed by atoms with Crippen LogP contribution < -0.4 is 10.6 Å². The molecular formula is C36H37N3O5. The van der Waals surface area contributed by atoms with Gasteiger partial charge in [-0.15, -0.1) is 0 Å². The number of amides is 3. The molecule has 0 fully saturated rings. The molecule has 0 aromatic heterocycles. The van der Waals surface area contributed by atoms with Crippen molar-refractivity contribution in [1.29, 1.82) is 0 Å². The van der Waals surface area contributed by atoms with Crippen molar-refractivity contribution in [1.82, 2.24) is 10.2 Å². The van der Waals surface area contributed by atoms with Crippen LogP contribution >= 0.6 is 0 Å². The maximum Gasteiger partial charge on any atom is 0.408 e. The zero-order valence-electron chi connectivity index (χ0n) is 25.5. The Morgan fingerprint density at radius 3 is 2.23 bits per heavy atom. The number of benzene rings is 4. The molecule has 0 bridgehead atoms. The van der Waals surface area contributed by atoms with Crippen LogP contribution in [-0.4, -0.2) is 39.6 Å². The SMILES string of the molecule is C#CN(C(=O)C(Cc1ccc(O)cc1)NC(=O)OC(C)(C)C)C(C(=O)Nc1ccc2ccccc2c1)c1ccc(C)c(C)c1. The van der Waals surface area contributed by atoms with Gasteiger partial charge in [0.25, 0.3) is 11.8 Å². The van der Waals surface area contributed by atoms with Crippen LogP contribution in [0.25, 0.3) is 10.8 Å². The molecule has 8 nitrogen and oxygen atoms in total. The molecule has 226 valence electrons. The third-order valence-corrected chi connectivity index (χ3v) is 7.11. The van der Waals surface area contributed by atoms with Crippen LogP contribution in [0.15, 0.2) is 84.9 Å². The monoisotopic (exact) mass is 591 g/mol. The van der Waals surface area contributed by atoms with E-state index in [1.807, 2.05) is 62.4 Å². The summed E-state index contributed by atoms with van der Waals surface area (Å²) in [6, 6.07) is 25.0. The number of hydrogen-bond acceptors (Lipinski definition) is 5. The van der Waals surface area contributed by atoms with E-state index in [0.29, 0.717) is 16.8 Å². The van der Waals surface area contributed by atoms with E-state index in [9.17, 15) is 19.5 Å². The van der Waals surface area contributed by atoms with Gasteiger partial charge in [-0.05, 0) is 91.9 Å². The van der Waals surface area contributed by atoms with Crippen molar-refractivity contribution in [2.75, 3.05) is 5.32 Å². The minimum Gasteiger partial charge on any atom is -0.508 e. The summed E-state index contributed by atoms with van der Waals surface area (Å²) in [4.78, 5) is 42.1. The van der Waals surface area contributed by atoms with E-state index in [1.165, 1.54) is 12.1 Å². The predicted octanol–water partition coefficient (Wildman–Crippen LogP) is 6.40. The molecule has 8 heteroatoms. The Kier molecular flexibility index (Phi) is 9.60. The molecule has 0 spiro atoms. The fraction of sp³-hybridized carbons (Fsp3) is 0.250. The fourth-order valence-electron chi connectivity index (χ4n) is 4.78. The van der Waals surface area contributed by atoms with Crippen LogP contribution in [-0.2, 0) is 20.7 Å². The second kappa shape index (κ2) is 13.3.